The molecule has 9 heteroatoms. The molecule has 6 nitrogen and oxygen atoms in total. The van der Waals surface area contributed by atoms with Gasteiger partial charge in [-0.05, 0) is 0 Å². The highest BCUT2D eigenvalue weighted by molar-refractivity contribution is 5.30. The summed E-state index contributed by atoms with van der Waals surface area (Å²) in [7, 11) is 0. The van der Waals surface area contributed by atoms with Crippen molar-refractivity contribution in [2.24, 2.45) is 5.84 Å². The summed E-state index contributed by atoms with van der Waals surface area (Å²) in [6, 6.07) is 0.665. The molecule has 0 aromatic carbocycles. The highest BCUT2D eigenvalue weighted by Gasteiger charge is 2.34. The number of nitrogen functional groups attached to an aromatic ring is 1. The van der Waals surface area contributed by atoms with Gasteiger partial charge in [-0.25, -0.2) is 10.8 Å². The summed E-state index contributed by atoms with van der Waals surface area (Å²) in [5.41, 5.74) is 0.765. The van der Waals surface area contributed by atoms with E-state index in [1.54, 1.807) is 0 Å². The Morgan fingerprint density at radius 1 is 1.41 bits per heavy atom. The number of aliphatic hydroxyl groups is 1. The standard InChI is InChI=1S/C8H11F3N4O2/c9-8(10,11)5-4-6(17-3-1-2-16)14-7(13-5)15-12/h4,16H,1-3,12H2,(H,13,14,15). The van der Waals surface area contributed by atoms with Crippen LogP contribution in [0, 0.1) is 0 Å². The SMILES string of the molecule is NNc1nc(OCCCO)cc(C(F)(F)F)n1. The number of halogens is 3. The second kappa shape index (κ2) is 5.64. The average Bonchev–Trinajstić information content (AvgIpc) is 2.28. The fraction of sp³-hybridized carbons (Fsp3) is 0.500. The molecule has 0 fully saturated rings. The number of nitrogens with zero attached hydrogens (tertiary/aromatic N) is 2. The maximum atomic E-state index is 12.4. The average molecular weight is 252 g/mol. The molecule has 0 amide bonds. The van der Waals surface area contributed by atoms with Gasteiger partial charge in [-0.15, -0.1) is 0 Å². The van der Waals surface area contributed by atoms with Gasteiger partial charge in [-0.3, -0.25) is 5.43 Å². The first kappa shape index (κ1) is 13.5. The van der Waals surface area contributed by atoms with Crippen LogP contribution in [0.1, 0.15) is 12.1 Å². The number of nitrogens with one attached hydrogen (secondary N) is 1. The lowest BCUT2D eigenvalue weighted by atomic mass is 10.4. The molecule has 0 aliphatic carbocycles. The third-order valence-corrected chi connectivity index (χ3v) is 1.67. The van der Waals surface area contributed by atoms with Crippen molar-refractivity contribution in [3.8, 4) is 5.88 Å². The second-order valence-electron chi connectivity index (χ2n) is 2.98. The Hall–Kier alpha value is -1.61. The molecule has 0 bridgehead atoms. The minimum Gasteiger partial charge on any atom is -0.477 e. The van der Waals surface area contributed by atoms with E-state index in [4.69, 9.17) is 15.7 Å². The van der Waals surface area contributed by atoms with Gasteiger partial charge >= 0.3 is 6.18 Å². The molecule has 1 aromatic heterocycles. The molecule has 0 saturated carbocycles. The first-order chi connectivity index (χ1) is 7.97. The van der Waals surface area contributed by atoms with Gasteiger partial charge in [0.05, 0.1) is 6.61 Å². The predicted molar refractivity (Wildman–Crippen MR) is 52.0 cm³/mol. The van der Waals surface area contributed by atoms with E-state index in [1.165, 1.54) is 0 Å². The molecular weight excluding hydrogens is 241 g/mol. The number of hydrogen-bond acceptors (Lipinski definition) is 6. The van der Waals surface area contributed by atoms with Crippen molar-refractivity contribution in [1.82, 2.24) is 9.97 Å². The minimum absolute atomic E-state index is 0.0504. The summed E-state index contributed by atoms with van der Waals surface area (Å²) < 4.78 is 42.2. The Morgan fingerprint density at radius 3 is 2.65 bits per heavy atom. The van der Waals surface area contributed by atoms with Crippen molar-refractivity contribution in [3.05, 3.63) is 11.8 Å². The van der Waals surface area contributed by atoms with Crippen LogP contribution in [0.2, 0.25) is 0 Å². The van der Waals surface area contributed by atoms with Gasteiger partial charge < -0.3 is 9.84 Å². The lowest BCUT2D eigenvalue weighted by Gasteiger charge is -2.10. The fourth-order valence-corrected chi connectivity index (χ4v) is 0.950. The molecule has 0 radical (unpaired) electrons. The molecule has 1 heterocycles. The number of hydrazine groups is 1. The molecule has 4 N–H and O–H groups in total. The van der Waals surface area contributed by atoms with Crippen LogP contribution in [0.25, 0.3) is 0 Å². The number of nitrogens with two attached hydrogens (primary N) is 1. The number of aliphatic hydroxyl groups excluding tert-OH is 1. The monoisotopic (exact) mass is 252 g/mol. The van der Waals surface area contributed by atoms with Crippen molar-refractivity contribution < 1.29 is 23.0 Å². The molecule has 17 heavy (non-hydrogen) atoms. The number of aromatic nitrogens is 2. The van der Waals surface area contributed by atoms with E-state index in [1.807, 2.05) is 5.43 Å². The van der Waals surface area contributed by atoms with Crippen LogP contribution in [0.5, 0.6) is 5.88 Å². The van der Waals surface area contributed by atoms with Crippen LogP contribution in [-0.4, -0.2) is 28.3 Å². The quantitative estimate of drug-likeness (QED) is 0.402. The minimum atomic E-state index is -4.61. The van der Waals surface area contributed by atoms with Crippen molar-refractivity contribution in [1.29, 1.82) is 0 Å². The topological polar surface area (TPSA) is 93.3 Å². The zero-order valence-electron chi connectivity index (χ0n) is 8.66. The maximum Gasteiger partial charge on any atom is 0.433 e. The van der Waals surface area contributed by atoms with Gasteiger partial charge in [0.2, 0.25) is 11.8 Å². The zero-order chi connectivity index (χ0) is 12.9. The largest absolute Gasteiger partial charge is 0.477 e. The number of rotatable bonds is 5. The number of alkyl halides is 3. The Morgan fingerprint density at radius 2 is 2.12 bits per heavy atom. The molecule has 0 aliphatic rings. The van der Waals surface area contributed by atoms with Crippen LogP contribution < -0.4 is 16.0 Å². The summed E-state index contributed by atoms with van der Waals surface area (Å²) in [6.07, 6.45) is -4.32. The van der Waals surface area contributed by atoms with Crippen LogP contribution >= 0.6 is 0 Å². The molecule has 1 rings (SSSR count). The van der Waals surface area contributed by atoms with Crippen LogP contribution in [-0.2, 0) is 6.18 Å². The summed E-state index contributed by atoms with van der Waals surface area (Å²) in [5, 5.41) is 8.50. The number of anilines is 1. The first-order valence-corrected chi connectivity index (χ1v) is 4.64. The molecule has 0 aliphatic heterocycles. The fourth-order valence-electron chi connectivity index (χ4n) is 0.950. The van der Waals surface area contributed by atoms with E-state index < -0.39 is 11.9 Å². The van der Waals surface area contributed by atoms with Crippen LogP contribution in [0.15, 0.2) is 6.07 Å². The highest BCUT2D eigenvalue weighted by Crippen LogP contribution is 2.30. The van der Waals surface area contributed by atoms with E-state index in [-0.39, 0.29) is 31.5 Å². The van der Waals surface area contributed by atoms with Gasteiger partial charge in [0.25, 0.3) is 0 Å². The van der Waals surface area contributed by atoms with Gasteiger partial charge in [0, 0.05) is 19.1 Å². The Labute approximate surface area is 94.6 Å². The van der Waals surface area contributed by atoms with E-state index in [2.05, 4.69) is 9.97 Å². The van der Waals surface area contributed by atoms with Crippen molar-refractivity contribution in [2.75, 3.05) is 18.6 Å². The number of ether oxygens (including phenoxy) is 1. The molecular formula is C8H11F3N4O2. The first-order valence-electron chi connectivity index (χ1n) is 4.64. The van der Waals surface area contributed by atoms with E-state index >= 15 is 0 Å². The Bertz CT molecular complexity index is 372. The summed E-state index contributed by atoms with van der Waals surface area (Å²) in [4.78, 5) is 6.74. The van der Waals surface area contributed by atoms with Crippen LogP contribution in [0.3, 0.4) is 0 Å². The number of hydrogen-bond donors (Lipinski definition) is 3. The summed E-state index contributed by atoms with van der Waals surface area (Å²) in [5.74, 6) is 4.30. The van der Waals surface area contributed by atoms with Crippen molar-refractivity contribution in [3.63, 3.8) is 0 Å². The van der Waals surface area contributed by atoms with Gasteiger partial charge in [-0.2, -0.15) is 18.2 Å². The summed E-state index contributed by atoms with van der Waals surface area (Å²) in [6.45, 7) is -0.0754. The van der Waals surface area contributed by atoms with Gasteiger partial charge in [0.15, 0.2) is 5.69 Å². The summed E-state index contributed by atoms with van der Waals surface area (Å²) >= 11 is 0. The van der Waals surface area contributed by atoms with Crippen molar-refractivity contribution in [2.45, 2.75) is 12.6 Å². The van der Waals surface area contributed by atoms with Crippen LogP contribution in [0.4, 0.5) is 19.1 Å². The Kier molecular flexibility index (Phi) is 4.46. The van der Waals surface area contributed by atoms with E-state index in [9.17, 15) is 13.2 Å². The third kappa shape index (κ3) is 4.04. The Balaban J connectivity index is 2.89. The molecule has 1 aromatic rings. The predicted octanol–water partition coefficient (Wildman–Crippen LogP) is 0.542. The zero-order valence-corrected chi connectivity index (χ0v) is 8.66. The molecule has 0 unspecified atom stereocenters. The lowest BCUT2D eigenvalue weighted by Crippen LogP contribution is -2.16. The third-order valence-electron chi connectivity index (χ3n) is 1.67. The van der Waals surface area contributed by atoms with E-state index in [0.717, 1.165) is 0 Å². The van der Waals surface area contributed by atoms with Crippen molar-refractivity contribution >= 4 is 5.95 Å². The highest BCUT2D eigenvalue weighted by atomic mass is 19.4. The second-order valence-corrected chi connectivity index (χ2v) is 2.98. The smallest absolute Gasteiger partial charge is 0.433 e. The lowest BCUT2D eigenvalue weighted by molar-refractivity contribution is -0.141. The maximum absolute atomic E-state index is 12.4. The molecule has 0 saturated heterocycles. The van der Waals surface area contributed by atoms with E-state index in [0.29, 0.717) is 6.07 Å². The molecule has 96 valence electrons. The van der Waals surface area contributed by atoms with Gasteiger partial charge in [0.1, 0.15) is 0 Å². The molecule has 0 spiro atoms. The molecule has 0 atom stereocenters. The van der Waals surface area contributed by atoms with Gasteiger partial charge in [-0.1, -0.05) is 0 Å². The normalized spacial score (nSPS) is 11.4.